The Morgan fingerprint density at radius 2 is 0.775 bits per heavy atom. The Kier molecular flexibility index (Phi) is 27.9. The van der Waals surface area contributed by atoms with Crippen molar-refractivity contribution in [1.29, 1.82) is 0 Å². The van der Waals surface area contributed by atoms with Crippen LogP contribution in [0.3, 0.4) is 0 Å². The van der Waals surface area contributed by atoms with E-state index in [0.717, 1.165) is 88.5 Å². The molecule has 0 unspecified atom stereocenters. The second-order valence-corrected chi connectivity index (χ2v) is 17.6. The molecule has 0 bridgehead atoms. The molecule has 242 valence electrons. The van der Waals surface area contributed by atoms with Gasteiger partial charge in [0.25, 0.3) is 0 Å². The Labute approximate surface area is 258 Å². The Morgan fingerprint density at radius 1 is 0.450 bits per heavy atom. The van der Waals surface area contributed by atoms with Gasteiger partial charge in [-0.25, -0.2) is 0 Å². The highest BCUT2D eigenvalue weighted by molar-refractivity contribution is 8.76. The van der Waals surface area contributed by atoms with Gasteiger partial charge in [0, 0.05) is 76.3 Å². The maximum absolute atomic E-state index is 6.36. The molecule has 0 rings (SSSR count). The third kappa shape index (κ3) is 19.2. The maximum Gasteiger partial charge on any atom is 0.500 e. The van der Waals surface area contributed by atoms with Crippen molar-refractivity contribution in [2.45, 2.75) is 93.2 Å². The highest BCUT2D eigenvalue weighted by Gasteiger charge is 2.41. The van der Waals surface area contributed by atoms with Crippen molar-refractivity contribution in [2.75, 3.05) is 90.4 Å². The van der Waals surface area contributed by atoms with E-state index in [4.69, 9.17) is 26.6 Å². The van der Waals surface area contributed by atoms with Crippen LogP contribution in [0.5, 0.6) is 0 Å². The van der Waals surface area contributed by atoms with Crippen LogP contribution in [0.25, 0.3) is 0 Å². The number of hydrogen-bond acceptors (Lipinski definition) is 10. The molecule has 0 spiro atoms. The van der Waals surface area contributed by atoms with Crippen molar-refractivity contribution in [2.24, 2.45) is 0 Å². The van der Waals surface area contributed by atoms with E-state index in [0.29, 0.717) is 39.6 Å². The molecule has 0 aromatic heterocycles. The second kappa shape index (κ2) is 27.4. The average Bonchev–Trinajstić information content (AvgIpc) is 2.95. The van der Waals surface area contributed by atoms with E-state index < -0.39 is 17.6 Å². The van der Waals surface area contributed by atoms with E-state index in [9.17, 15) is 0 Å². The maximum atomic E-state index is 6.36. The van der Waals surface area contributed by atoms with E-state index in [1.165, 1.54) is 0 Å². The summed E-state index contributed by atoms with van der Waals surface area (Å²) in [7, 11) is -1.39. The van der Waals surface area contributed by atoms with Gasteiger partial charge in [-0.1, -0.05) is 49.3 Å². The molecule has 0 N–H and O–H groups in total. The molecule has 8 nitrogen and oxygen atoms in total. The first-order valence-corrected chi connectivity index (χ1v) is 22.3. The van der Waals surface area contributed by atoms with Crippen LogP contribution in [0.4, 0.5) is 0 Å². The van der Waals surface area contributed by atoms with Crippen LogP contribution in [0, 0.1) is 0 Å². The van der Waals surface area contributed by atoms with Crippen molar-refractivity contribution >= 4 is 39.2 Å². The molecule has 0 amide bonds. The monoisotopic (exact) mass is 644 g/mol. The van der Waals surface area contributed by atoms with Gasteiger partial charge in [0.05, 0.1) is 0 Å². The van der Waals surface area contributed by atoms with Gasteiger partial charge >= 0.3 is 17.6 Å². The third-order valence-corrected chi connectivity index (χ3v) is 15.3. The SMILES string of the molecule is CCO[Si](CCCSSCCC[Si](OCC)(OCC)OCCCN(CC)CC)(OCC)OCCCN(CC)CC. The summed E-state index contributed by atoms with van der Waals surface area (Å²) in [6.07, 6.45) is 4.09. The Bertz CT molecular complexity index is 495. The van der Waals surface area contributed by atoms with Gasteiger partial charge in [-0.3, -0.25) is 0 Å². The lowest BCUT2D eigenvalue weighted by molar-refractivity contribution is 0.0630. The van der Waals surface area contributed by atoms with Gasteiger partial charge in [-0.15, -0.1) is 0 Å². The fourth-order valence-electron chi connectivity index (χ4n) is 4.49. The van der Waals surface area contributed by atoms with E-state index in [1.807, 2.05) is 49.3 Å². The molecule has 0 atom stereocenters. The number of nitrogens with zero attached hydrogens (tertiary/aromatic N) is 2. The van der Waals surface area contributed by atoms with Crippen LogP contribution in [0.2, 0.25) is 12.1 Å². The lowest BCUT2D eigenvalue weighted by Crippen LogP contribution is -2.46. The van der Waals surface area contributed by atoms with E-state index in [1.54, 1.807) is 0 Å². The summed E-state index contributed by atoms with van der Waals surface area (Å²) in [6.45, 7) is 27.3. The predicted octanol–water partition coefficient (Wildman–Crippen LogP) is 6.67. The summed E-state index contributed by atoms with van der Waals surface area (Å²) in [5.41, 5.74) is 0. The minimum atomic E-state index is -2.62. The van der Waals surface area contributed by atoms with Crippen molar-refractivity contribution in [1.82, 2.24) is 9.80 Å². The highest BCUT2D eigenvalue weighted by atomic mass is 33.1. The zero-order valence-corrected chi connectivity index (χ0v) is 30.9. The Hall–Kier alpha value is 0.814. The summed E-state index contributed by atoms with van der Waals surface area (Å²) >= 11 is 0. The van der Waals surface area contributed by atoms with Crippen molar-refractivity contribution < 1.29 is 26.6 Å². The average molecular weight is 645 g/mol. The zero-order valence-electron chi connectivity index (χ0n) is 27.3. The topological polar surface area (TPSA) is 61.9 Å². The van der Waals surface area contributed by atoms with E-state index >= 15 is 0 Å². The smallest absolute Gasteiger partial charge is 0.374 e. The van der Waals surface area contributed by atoms with Crippen LogP contribution in [0.15, 0.2) is 0 Å². The molecule has 0 fully saturated rings. The Balaban J connectivity index is 4.51. The summed E-state index contributed by atoms with van der Waals surface area (Å²) in [5.74, 6) is 2.12. The molecule has 0 heterocycles. The fourth-order valence-corrected chi connectivity index (χ4v) is 12.4. The molecule has 0 aromatic carbocycles. The molecule has 0 saturated carbocycles. The molecule has 0 saturated heterocycles. The third-order valence-electron chi connectivity index (χ3n) is 6.63. The number of rotatable bonds is 31. The molecule has 0 aromatic rings. The van der Waals surface area contributed by atoms with Gasteiger partial charge in [0.2, 0.25) is 0 Å². The first kappa shape index (κ1) is 40.8. The second-order valence-electron chi connectivity index (χ2n) is 9.41. The van der Waals surface area contributed by atoms with E-state index in [-0.39, 0.29) is 0 Å². The van der Waals surface area contributed by atoms with Crippen LogP contribution in [0.1, 0.15) is 81.1 Å². The number of hydrogen-bond donors (Lipinski definition) is 0. The van der Waals surface area contributed by atoms with Gasteiger partial charge in [-0.05, 0) is 79.6 Å². The summed E-state index contributed by atoms with van der Waals surface area (Å²) in [6, 6.07) is 1.75. The minimum Gasteiger partial charge on any atom is -0.374 e. The van der Waals surface area contributed by atoms with Crippen molar-refractivity contribution in [3.63, 3.8) is 0 Å². The molecular formula is C28H64N2O6S2Si2. The van der Waals surface area contributed by atoms with Gasteiger partial charge in [-0.2, -0.15) is 0 Å². The van der Waals surface area contributed by atoms with Crippen molar-refractivity contribution in [3.05, 3.63) is 0 Å². The van der Waals surface area contributed by atoms with Crippen molar-refractivity contribution in [3.8, 4) is 0 Å². The molecule has 0 aliphatic rings. The van der Waals surface area contributed by atoms with Gasteiger partial charge in [0.15, 0.2) is 0 Å². The first-order chi connectivity index (χ1) is 19.4. The van der Waals surface area contributed by atoms with Gasteiger partial charge in [0.1, 0.15) is 0 Å². The molecular weight excluding hydrogens is 581 g/mol. The predicted molar refractivity (Wildman–Crippen MR) is 178 cm³/mol. The van der Waals surface area contributed by atoms with Crippen LogP contribution in [-0.4, -0.2) is 118 Å². The summed E-state index contributed by atoms with van der Waals surface area (Å²) in [4.78, 5) is 4.85. The molecule has 40 heavy (non-hydrogen) atoms. The largest absolute Gasteiger partial charge is 0.500 e. The van der Waals surface area contributed by atoms with Crippen LogP contribution < -0.4 is 0 Å². The molecule has 12 heteroatoms. The van der Waals surface area contributed by atoms with Crippen LogP contribution >= 0.6 is 21.6 Å². The zero-order chi connectivity index (χ0) is 30.0. The molecule has 0 radical (unpaired) electrons. The fraction of sp³-hybridized carbons (Fsp3) is 1.00. The summed E-state index contributed by atoms with van der Waals surface area (Å²) in [5, 5.41) is 0. The summed E-state index contributed by atoms with van der Waals surface area (Å²) < 4.78 is 37.3. The quantitative estimate of drug-likeness (QED) is 0.0465. The molecule has 0 aliphatic heterocycles. The Morgan fingerprint density at radius 3 is 1.05 bits per heavy atom. The first-order valence-electron chi connectivity index (χ1n) is 16.0. The minimum absolute atomic E-state index is 0.632. The van der Waals surface area contributed by atoms with Crippen LogP contribution in [-0.2, 0) is 26.6 Å². The highest BCUT2D eigenvalue weighted by Crippen LogP contribution is 2.28. The lowest BCUT2D eigenvalue weighted by Gasteiger charge is -2.29. The lowest BCUT2D eigenvalue weighted by atomic mass is 10.4. The van der Waals surface area contributed by atoms with E-state index in [2.05, 4.69) is 37.5 Å². The normalized spacial score (nSPS) is 12.8. The standard InChI is InChI=1S/C28H64N2O6S2Si2/c1-9-29(10-2)21-17-23-35-39(31-13-5,32-14-6)27-19-25-37-38-26-20-28-40(33-15-7,34-16-8)36-24-18-22-30(11-3)12-4/h9-28H2,1-8H3. The molecule has 0 aliphatic carbocycles. The van der Waals surface area contributed by atoms with Gasteiger partial charge < -0.3 is 36.4 Å².